The summed E-state index contributed by atoms with van der Waals surface area (Å²) in [5, 5.41) is 0. The van der Waals surface area contributed by atoms with E-state index in [-0.39, 0.29) is 6.10 Å². The Kier molecular flexibility index (Phi) is 3.23. The first kappa shape index (κ1) is 13.5. The number of aldehydes is 1. The number of methoxy groups -OCH3 is 1. The molecule has 3 nitrogen and oxygen atoms in total. The molecular formula is C17H22O3. The van der Waals surface area contributed by atoms with Crippen LogP contribution in [0.2, 0.25) is 0 Å². The van der Waals surface area contributed by atoms with Gasteiger partial charge < -0.3 is 9.47 Å². The molecule has 1 aliphatic carbocycles. The number of benzene rings is 1. The molecule has 2 unspecified atom stereocenters. The van der Waals surface area contributed by atoms with E-state index in [0.717, 1.165) is 30.4 Å². The normalized spacial score (nSPS) is 26.9. The fourth-order valence-corrected chi connectivity index (χ4v) is 3.77. The summed E-state index contributed by atoms with van der Waals surface area (Å²) in [6.07, 6.45) is 5.72. The predicted octanol–water partition coefficient (Wildman–Crippen LogP) is 3.64. The van der Waals surface area contributed by atoms with Crippen LogP contribution in [0.1, 0.15) is 49.0 Å². The highest BCUT2D eigenvalue weighted by atomic mass is 16.5. The van der Waals surface area contributed by atoms with Crippen molar-refractivity contribution < 1.29 is 14.3 Å². The highest BCUT2D eigenvalue weighted by molar-refractivity contribution is 5.77. The molecule has 3 rings (SSSR count). The van der Waals surface area contributed by atoms with E-state index < -0.39 is 0 Å². The van der Waals surface area contributed by atoms with E-state index in [4.69, 9.17) is 9.47 Å². The van der Waals surface area contributed by atoms with Gasteiger partial charge >= 0.3 is 0 Å². The van der Waals surface area contributed by atoms with Crippen LogP contribution < -0.4 is 9.47 Å². The van der Waals surface area contributed by atoms with Gasteiger partial charge in [0.05, 0.1) is 7.11 Å². The van der Waals surface area contributed by atoms with Gasteiger partial charge in [0.15, 0.2) is 11.5 Å². The van der Waals surface area contributed by atoms with Crippen molar-refractivity contribution in [2.24, 2.45) is 11.3 Å². The van der Waals surface area contributed by atoms with Gasteiger partial charge in [-0.05, 0) is 48.8 Å². The van der Waals surface area contributed by atoms with E-state index in [2.05, 4.69) is 13.8 Å². The summed E-state index contributed by atoms with van der Waals surface area (Å²) in [5.41, 5.74) is 2.07. The minimum Gasteiger partial charge on any atom is -0.493 e. The van der Waals surface area contributed by atoms with Gasteiger partial charge in [-0.15, -0.1) is 0 Å². The van der Waals surface area contributed by atoms with E-state index in [1.807, 2.05) is 6.07 Å². The molecule has 0 saturated heterocycles. The number of ether oxygens (including phenoxy) is 2. The van der Waals surface area contributed by atoms with E-state index in [1.165, 1.54) is 12.8 Å². The molecule has 0 radical (unpaired) electrons. The fourth-order valence-electron chi connectivity index (χ4n) is 3.77. The SMILES string of the molecule is COc1cc(C=O)cc2c1OC1CCCC(C)(C)C1C2. The van der Waals surface area contributed by atoms with Crippen molar-refractivity contribution in [3.05, 3.63) is 23.3 Å². The van der Waals surface area contributed by atoms with Gasteiger partial charge in [0.2, 0.25) is 0 Å². The van der Waals surface area contributed by atoms with Crippen LogP contribution in [0.4, 0.5) is 0 Å². The van der Waals surface area contributed by atoms with Crippen LogP contribution in [0.5, 0.6) is 11.5 Å². The standard InChI is InChI=1S/C17H22O3/c1-17(2)6-4-5-14-13(17)9-12-7-11(10-18)8-15(19-3)16(12)20-14/h7-8,10,13-14H,4-6,9H2,1-3H3. The molecule has 108 valence electrons. The lowest BCUT2D eigenvalue weighted by Crippen LogP contribution is -2.45. The molecule has 1 aromatic rings. The lowest BCUT2D eigenvalue weighted by atomic mass is 9.64. The van der Waals surface area contributed by atoms with E-state index in [9.17, 15) is 4.79 Å². The van der Waals surface area contributed by atoms with Crippen molar-refractivity contribution >= 4 is 6.29 Å². The van der Waals surface area contributed by atoms with Gasteiger partial charge in [-0.3, -0.25) is 4.79 Å². The van der Waals surface area contributed by atoms with Gasteiger partial charge in [0.1, 0.15) is 12.4 Å². The van der Waals surface area contributed by atoms with Crippen LogP contribution in [0, 0.1) is 11.3 Å². The zero-order valence-electron chi connectivity index (χ0n) is 12.4. The van der Waals surface area contributed by atoms with Crippen molar-refractivity contribution in [2.75, 3.05) is 7.11 Å². The number of fused-ring (bicyclic) bond motifs is 2. The average molecular weight is 274 g/mol. The van der Waals surface area contributed by atoms with Gasteiger partial charge in [0, 0.05) is 11.5 Å². The average Bonchev–Trinajstić information content (AvgIpc) is 2.44. The summed E-state index contributed by atoms with van der Waals surface area (Å²) in [6, 6.07) is 3.71. The summed E-state index contributed by atoms with van der Waals surface area (Å²) in [7, 11) is 1.63. The third-order valence-electron chi connectivity index (χ3n) is 4.98. The van der Waals surface area contributed by atoms with Gasteiger partial charge in [-0.25, -0.2) is 0 Å². The highest BCUT2D eigenvalue weighted by Gasteiger charge is 2.43. The molecule has 0 N–H and O–H groups in total. The number of hydrogen-bond acceptors (Lipinski definition) is 3. The molecule has 3 heteroatoms. The Morgan fingerprint density at radius 3 is 2.90 bits per heavy atom. The van der Waals surface area contributed by atoms with E-state index in [0.29, 0.717) is 22.6 Å². The number of rotatable bonds is 2. The van der Waals surface area contributed by atoms with Crippen LogP contribution in [0.3, 0.4) is 0 Å². The molecule has 2 atom stereocenters. The summed E-state index contributed by atoms with van der Waals surface area (Å²) in [6.45, 7) is 4.66. The van der Waals surface area contributed by atoms with Crippen molar-refractivity contribution in [2.45, 2.75) is 45.6 Å². The maximum Gasteiger partial charge on any atom is 0.164 e. The minimum atomic E-state index is 0.280. The molecule has 2 aliphatic rings. The van der Waals surface area contributed by atoms with Crippen LogP contribution in [-0.4, -0.2) is 19.5 Å². The van der Waals surface area contributed by atoms with Gasteiger partial charge in [-0.1, -0.05) is 13.8 Å². The third kappa shape index (κ3) is 2.09. The summed E-state index contributed by atoms with van der Waals surface area (Å²) in [5.74, 6) is 2.05. The highest BCUT2D eigenvalue weighted by Crippen LogP contribution is 2.49. The van der Waals surface area contributed by atoms with Crippen LogP contribution in [-0.2, 0) is 6.42 Å². The summed E-state index contributed by atoms with van der Waals surface area (Å²) < 4.78 is 11.7. The van der Waals surface area contributed by atoms with Crippen molar-refractivity contribution in [3.8, 4) is 11.5 Å². The zero-order valence-corrected chi connectivity index (χ0v) is 12.4. The van der Waals surface area contributed by atoms with Crippen molar-refractivity contribution in [1.82, 2.24) is 0 Å². The molecule has 0 spiro atoms. The maximum atomic E-state index is 11.1. The second kappa shape index (κ2) is 4.80. The Hall–Kier alpha value is -1.51. The van der Waals surface area contributed by atoms with Crippen LogP contribution in [0.15, 0.2) is 12.1 Å². The lowest BCUT2D eigenvalue weighted by molar-refractivity contribution is -0.00709. The number of carbonyl (C=O) groups excluding carboxylic acids is 1. The molecule has 1 heterocycles. The first-order chi connectivity index (χ1) is 9.55. The molecule has 1 fully saturated rings. The molecule has 20 heavy (non-hydrogen) atoms. The Balaban J connectivity index is 2.03. The number of carbonyl (C=O) groups is 1. The zero-order chi connectivity index (χ0) is 14.3. The third-order valence-corrected chi connectivity index (χ3v) is 4.98. The van der Waals surface area contributed by atoms with E-state index in [1.54, 1.807) is 13.2 Å². The van der Waals surface area contributed by atoms with Gasteiger partial charge in [0.25, 0.3) is 0 Å². The maximum absolute atomic E-state index is 11.1. The molecule has 0 aromatic heterocycles. The molecule has 0 bridgehead atoms. The molecular weight excluding hydrogens is 252 g/mol. The molecule has 1 aromatic carbocycles. The topological polar surface area (TPSA) is 35.5 Å². The Morgan fingerprint density at radius 2 is 2.20 bits per heavy atom. The fraction of sp³-hybridized carbons (Fsp3) is 0.588. The largest absolute Gasteiger partial charge is 0.493 e. The summed E-state index contributed by atoms with van der Waals surface area (Å²) in [4.78, 5) is 11.1. The molecule has 0 amide bonds. The van der Waals surface area contributed by atoms with Gasteiger partial charge in [-0.2, -0.15) is 0 Å². The minimum absolute atomic E-state index is 0.280. The molecule has 1 saturated carbocycles. The smallest absolute Gasteiger partial charge is 0.164 e. The predicted molar refractivity (Wildman–Crippen MR) is 77.6 cm³/mol. The van der Waals surface area contributed by atoms with Crippen LogP contribution in [0.25, 0.3) is 0 Å². The second-order valence-electron chi connectivity index (χ2n) is 6.68. The Bertz CT molecular complexity index is 533. The number of hydrogen-bond donors (Lipinski definition) is 0. The van der Waals surface area contributed by atoms with E-state index >= 15 is 0 Å². The van der Waals surface area contributed by atoms with Crippen molar-refractivity contribution in [1.29, 1.82) is 0 Å². The quantitative estimate of drug-likeness (QED) is 0.772. The van der Waals surface area contributed by atoms with Crippen molar-refractivity contribution in [3.63, 3.8) is 0 Å². The first-order valence-corrected chi connectivity index (χ1v) is 7.38. The summed E-state index contributed by atoms with van der Waals surface area (Å²) >= 11 is 0. The second-order valence-corrected chi connectivity index (χ2v) is 6.68. The first-order valence-electron chi connectivity index (χ1n) is 7.38. The Morgan fingerprint density at radius 1 is 1.40 bits per heavy atom. The monoisotopic (exact) mass is 274 g/mol. The lowest BCUT2D eigenvalue weighted by Gasteiger charge is -2.47. The van der Waals surface area contributed by atoms with Crippen LogP contribution >= 0.6 is 0 Å². The molecule has 1 aliphatic heterocycles. The Labute approximate surface area is 120 Å².